The Morgan fingerprint density at radius 1 is 1.04 bits per heavy atom. The third kappa shape index (κ3) is 4.58. The molecule has 0 aliphatic heterocycles. The fourth-order valence-corrected chi connectivity index (χ4v) is 3.82. The maximum Gasteiger partial charge on any atom is 0.338 e. The summed E-state index contributed by atoms with van der Waals surface area (Å²) in [4.78, 5) is 12.4. The van der Waals surface area contributed by atoms with Gasteiger partial charge in [0.05, 0.1) is 22.8 Å². The molecule has 134 valence electrons. The van der Waals surface area contributed by atoms with Crippen LogP contribution >= 0.6 is 0 Å². The molecule has 0 amide bonds. The number of carbonyl (C=O) groups excluding carboxylic acids is 1. The number of esters is 1. The minimum Gasteiger partial charge on any atom is -0.460 e. The number of sulfone groups is 1. The number of nitrogens with zero attached hydrogens (tertiary/aromatic N) is 2. The lowest BCUT2D eigenvalue weighted by Crippen LogP contribution is -2.12. The number of carbonyl (C=O) groups is 1. The van der Waals surface area contributed by atoms with Crippen LogP contribution in [0.25, 0.3) is 0 Å². The number of rotatable bonds is 7. The van der Waals surface area contributed by atoms with Crippen LogP contribution in [-0.4, -0.2) is 30.8 Å². The minimum absolute atomic E-state index is 0.175. The van der Waals surface area contributed by atoms with Gasteiger partial charge in [-0.3, -0.25) is 4.68 Å². The van der Waals surface area contributed by atoms with Crippen molar-refractivity contribution in [3.05, 3.63) is 84.2 Å². The van der Waals surface area contributed by atoms with E-state index in [0.29, 0.717) is 17.7 Å². The molecule has 7 heteroatoms. The highest BCUT2D eigenvalue weighted by Gasteiger charge is 2.16. The van der Waals surface area contributed by atoms with Crippen LogP contribution in [0.2, 0.25) is 0 Å². The van der Waals surface area contributed by atoms with Gasteiger partial charge < -0.3 is 4.74 Å². The molecule has 3 aromatic rings. The molecular weight excluding hydrogens is 352 g/mol. The van der Waals surface area contributed by atoms with Crippen molar-refractivity contribution in [2.45, 2.75) is 17.2 Å². The van der Waals surface area contributed by atoms with Crippen LogP contribution < -0.4 is 0 Å². The van der Waals surface area contributed by atoms with Gasteiger partial charge in [0.15, 0.2) is 9.84 Å². The van der Waals surface area contributed by atoms with Gasteiger partial charge in [0.2, 0.25) is 0 Å². The summed E-state index contributed by atoms with van der Waals surface area (Å²) in [7, 11) is -3.47. The Bertz CT molecular complexity index is 968. The highest BCUT2D eigenvalue weighted by Crippen LogP contribution is 2.17. The molecule has 0 saturated heterocycles. The molecule has 0 aliphatic carbocycles. The molecule has 0 atom stereocenters. The van der Waals surface area contributed by atoms with Gasteiger partial charge in [0.25, 0.3) is 0 Å². The topological polar surface area (TPSA) is 78.3 Å². The highest BCUT2D eigenvalue weighted by atomic mass is 32.2. The zero-order chi connectivity index (χ0) is 18.4. The van der Waals surface area contributed by atoms with E-state index in [1.54, 1.807) is 77.7 Å². The van der Waals surface area contributed by atoms with E-state index in [1.807, 2.05) is 0 Å². The molecular formula is C19H18N2O4S. The molecule has 0 aliphatic rings. The van der Waals surface area contributed by atoms with Crippen LogP contribution in [0.5, 0.6) is 0 Å². The number of benzene rings is 2. The van der Waals surface area contributed by atoms with Gasteiger partial charge in [-0.05, 0) is 35.9 Å². The summed E-state index contributed by atoms with van der Waals surface area (Å²) in [5.41, 5.74) is 0.863. The van der Waals surface area contributed by atoms with E-state index < -0.39 is 15.8 Å². The molecule has 0 N–H and O–H groups in total. The van der Waals surface area contributed by atoms with Crippen molar-refractivity contribution in [3.8, 4) is 0 Å². The Hall–Kier alpha value is -2.93. The largest absolute Gasteiger partial charge is 0.460 e. The van der Waals surface area contributed by atoms with Crippen LogP contribution in [-0.2, 0) is 26.9 Å². The molecule has 2 aromatic carbocycles. The highest BCUT2D eigenvalue weighted by molar-refractivity contribution is 7.90. The molecule has 0 fully saturated rings. The number of hydrogen-bond acceptors (Lipinski definition) is 5. The lowest BCUT2D eigenvalue weighted by molar-refractivity contribution is 0.0487. The SMILES string of the molecule is O=C(OCCn1cccn1)c1cccc(CS(=O)(=O)c2ccccc2)c1. The number of ether oxygens (including phenoxy) is 1. The molecule has 26 heavy (non-hydrogen) atoms. The Morgan fingerprint density at radius 3 is 2.58 bits per heavy atom. The Balaban J connectivity index is 1.65. The first-order chi connectivity index (χ1) is 12.5. The predicted molar refractivity (Wildman–Crippen MR) is 96.3 cm³/mol. The maximum atomic E-state index is 12.5. The standard InChI is InChI=1S/C19H18N2O4S/c22-19(25-13-12-21-11-5-10-20-21)17-7-4-6-16(14-17)15-26(23,24)18-8-2-1-3-9-18/h1-11,14H,12-13,15H2. The van der Waals surface area contributed by atoms with E-state index in [-0.39, 0.29) is 17.3 Å². The van der Waals surface area contributed by atoms with Crippen molar-refractivity contribution in [3.63, 3.8) is 0 Å². The zero-order valence-corrected chi connectivity index (χ0v) is 14.8. The Kier molecular flexibility index (Phi) is 5.48. The van der Waals surface area contributed by atoms with Gasteiger partial charge in [-0.15, -0.1) is 0 Å². The van der Waals surface area contributed by atoms with Crippen molar-refractivity contribution in [2.75, 3.05) is 6.61 Å². The average Bonchev–Trinajstić information content (AvgIpc) is 3.16. The Morgan fingerprint density at radius 2 is 1.85 bits per heavy atom. The minimum atomic E-state index is -3.47. The monoisotopic (exact) mass is 370 g/mol. The third-order valence-electron chi connectivity index (χ3n) is 3.73. The molecule has 0 bridgehead atoms. The third-order valence-corrected chi connectivity index (χ3v) is 5.44. The second-order valence-corrected chi connectivity index (χ2v) is 7.67. The van der Waals surface area contributed by atoms with Crippen LogP contribution in [0.3, 0.4) is 0 Å². The first kappa shape index (κ1) is 17.9. The molecule has 0 radical (unpaired) electrons. The summed E-state index contributed by atoms with van der Waals surface area (Å²) < 4.78 is 31.8. The van der Waals surface area contributed by atoms with Crippen molar-refractivity contribution < 1.29 is 17.9 Å². The van der Waals surface area contributed by atoms with Crippen molar-refractivity contribution >= 4 is 15.8 Å². The summed E-state index contributed by atoms with van der Waals surface area (Å²) in [6, 6.07) is 16.5. The molecule has 1 heterocycles. The van der Waals surface area contributed by atoms with E-state index in [4.69, 9.17) is 4.74 Å². The molecule has 0 spiro atoms. The summed E-state index contributed by atoms with van der Waals surface area (Å²) in [6.45, 7) is 0.647. The molecule has 0 saturated carbocycles. The van der Waals surface area contributed by atoms with Gasteiger partial charge in [0, 0.05) is 12.4 Å². The average molecular weight is 370 g/mol. The number of aromatic nitrogens is 2. The lowest BCUT2D eigenvalue weighted by atomic mass is 10.1. The van der Waals surface area contributed by atoms with E-state index in [0.717, 1.165) is 0 Å². The Labute approximate surface area is 152 Å². The summed E-state index contributed by atoms with van der Waals surface area (Å²) >= 11 is 0. The predicted octanol–water partition coefficient (Wildman–Crippen LogP) is 2.71. The second-order valence-electron chi connectivity index (χ2n) is 5.68. The van der Waals surface area contributed by atoms with Crippen molar-refractivity contribution in [2.24, 2.45) is 0 Å². The van der Waals surface area contributed by atoms with E-state index >= 15 is 0 Å². The van der Waals surface area contributed by atoms with Gasteiger partial charge in [-0.1, -0.05) is 30.3 Å². The second kappa shape index (κ2) is 7.97. The fraction of sp³-hybridized carbons (Fsp3) is 0.158. The maximum absolute atomic E-state index is 12.5. The lowest BCUT2D eigenvalue weighted by Gasteiger charge is -2.08. The first-order valence-electron chi connectivity index (χ1n) is 8.06. The van der Waals surface area contributed by atoms with Crippen LogP contribution in [0.4, 0.5) is 0 Å². The first-order valence-corrected chi connectivity index (χ1v) is 9.71. The van der Waals surface area contributed by atoms with Crippen LogP contribution in [0.15, 0.2) is 78.0 Å². The smallest absolute Gasteiger partial charge is 0.338 e. The van der Waals surface area contributed by atoms with Crippen LogP contribution in [0.1, 0.15) is 15.9 Å². The zero-order valence-electron chi connectivity index (χ0n) is 14.0. The van der Waals surface area contributed by atoms with Gasteiger partial charge in [-0.25, -0.2) is 13.2 Å². The van der Waals surface area contributed by atoms with Gasteiger partial charge in [0.1, 0.15) is 6.61 Å². The fourth-order valence-electron chi connectivity index (χ4n) is 2.47. The molecule has 1 aromatic heterocycles. The molecule has 3 rings (SSSR count). The van der Waals surface area contributed by atoms with Gasteiger partial charge in [-0.2, -0.15) is 5.10 Å². The summed E-state index contributed by atoms with van der Waals surface area (Å²) in [5.74, 6) is -0.665. The van der Waals surface area contributed by atoms with E-state index in [9.17, 15) is 13.2 Å². The van der Waals surface area contributed by atoms with E-state index in [1.165, 1.54) is 0 Å². The summed E-state index contributed by atoms with van der Waals surface area (Å²) in [5, 5.41) is 4.03. The number of hydrogen-bond donors (Lipinski definition) is 0. The van der Waals surface area contributed by atoms with Crippen LogP contribution in [0, 0.1) is 0 Å². The quantitative estimate of drug-likeness (QED) is 0.598. The van der Waals surface area contributed by atoms with Crippen molar-refractivity contribution in [1.29, 1.82) is 0 Å². The van der Waals surface area contributed by atoms with E-state index in [2.05, 4.69) is 5.10 Å². The molecule has 6 nitrogen and oxygen atoms in total. The van der Waals surface area contributed by atoms with Gasteiger partial charge >= 0.3 is 5.97 Å². The molecule has 0 unspecified atom stereocenters. The summed E-state index contributed by atoms with van der Waals surface area (Å²) in [6.07, 6.45) is 3.43. The van der Waals surface area contributed by atoms with Crippen molar-refractivity contribution in [1.82, 2.24) is 9.78 Å². The normalized spacial score (nSPS) is 11.2.